The van der Waals surface area contributed by atoms with Crippen LogP contribution in [-0.4, -0.2) is 50.5 Å². The van der Waals surface area contributed by atoms with Gasteiger partial charge in [-0.05, 0) is 44.9 Å². The topological polar surface area (TPSA) is 75.7 Å². The van der Waals surface area contributed by atoms with Crippen molar-refractivity contribution in [3.05, 3.63) is 29.8 Å². The number of sulfonamides is 1. The minimum absolute atomic E-state index is 0.00693. The molecule has 0 unspecified atom stereocenters. The lowest BCUT2D eigenvalue weighted by Gasteiger charge is -2.26. The third-order valence-corrected chi connectivity index (χ3v) is 5.60. The van der Waals surface area contributed by atoms with Crippen LogP contribution < -0.4 is 5.32 Å². The maximum Gasteiger partial charge on any atom is 0.243 e. The Labute approximate surface area is 144 Å². The van der Waals surface area contributed by atoms with E-state index in [0.29, 0.717) is 39.1 Å². The molecule has 0 bridgehead atoms. The van der Waals surface area contributed by atoms with Gasteiger partial charge in [-0.1, -0.05) is 12.1 Å². The highest BCUT2D eigenvalue weighted by Gasteiger charge is 2.26. The lowest BCUT2D eigenvalue weighted by molar-refractivity contribution is -0.122. The molecule has 0 saturated carbocycles. The molecular weight excluding hydrogens is 328 g/mol. The lowest BCUT2D eigenvalue weighted by atomic mass is 10.1. The fraction of sp³-hybridized carbons (Fsp3) is 0.588. The minimum atomic E-state index is -3.46. The Kier molecular flexibility index (Phi) is 6.01. The molecular formula is C17H26N2O4S. The van der Waals surface area contributed by atoms with E-state index in [4.69, 9.17) is 4.74 Å². The minimum Gasteiger partial charge on any atom is -0.379 e. The number of rotatable bonds is 5. The van der Waals surface area contributed by atoms with E-state index < -0.39 is 10.0 Å². The first-order valence-corrected chi connectivity index (χ1v) is 9.60. The normalized spacial score (nSPS) is 16.8. The smallest absolute Gasteiger partial charge is 0.243 e. The fourth-order valence-corrected chi connectivity index (χ4v) is 3.91. The molecule has 0 aromatic heterocycles. The largest absolute Gasteiger partial charge is 0.379 e. The maximum absolute atomic E-state index is 12.5. The molecule has 2 rings (SSSR count). The van der Waals surface area contributed by atoms with E-state index in [1.807, 2.05) is 20.8 Å². The van der Waals surface area contributed by atoms with Gasteiger partial charge in [-0.2, -0.15) is 4.31 Å². The predicted molar refractivity (Wildman–Crippen MR) is 92.2 cm³/mol. The third kappa shape index (κ3) is 5.29. The number of carbonyl (C=O) groups excluding carboxylic acids is 1. The van der Waals surface area contributed by atoms with Gasteiger partial charge in [0, 0.05) is 25.0 Å². The molecule has 1 aliphatic rings. The molecule has 1 N–H and O–H groups in total. The van der Waals surface area contributed by atoms with Gasteiger partial charge in [-0.3, -0.25) is 4.79 Å². The van der Waals surface area contributed by atoms with Gasteiger partial charge in [-0.25, -0.2) is 8.42 Å². The molecule has 0 aliphatic carbocycles. The number of carbonyl (C=O) groups is 1. The first-order valence-electron chi connectivity index (χ1n) is 8.16. The summed E-state index contributed by atoms with van der Waals surface area (Å²) in [6.07, 6.45) is 0.965. The number of hydrogen-bond acceptors (Lipinski definition) is 4. The van der Waals surface area contributed by atoms with Crippen molar-refractivity contribution in [2.45, 2.75) is 44.0 Å². The van der Waals surface area contributed by atoms with E-state index in [9.17, 15) is 13.2 Å². The van der Waals surface area contributed by atoms with E-state index in [0.717, 1.165) is 5.56 Å². The Bertz CT molecular complexity index is 657. The third-order valence-electron chi connectivity index (χ3n) is 3.69. The molecule has 24 heavy (non-hydrogen) atoms. The van der Waals surface area contributed by atoms with Gasteiger partial charge in [-0.15, -0.1) is 0 Å². The zero-order chi connectivity index (χ0) is 17.8. The Morgan fingerprint density at radius 1 is 1.17 bits per heavy atom. The van der Waals surface area contributed by atoms with Gasteiger partial charge in [0.15, 0.2) is 0 Å². The van der Waals surface area contributed by atoms with Gasteiger partial charge in [0.25, 0.3) is 0 Å². The van der Waals surface area contributed by atoms with Crippen molar-refractivity contribution < 1.29 is 17.9 Å². The average molecular weight is 354 g/mol. The highest BCUT2D eigenvalue weighted by atomic mass is 32.2. The number of hydrogen-bond donors (Lipinski definition) is 1. The highest BCUT2D eigenvalue weighted by Crippen LogP contribution is 2.18. The summed E-state index contributed by atoms with van der Waals surface area (Å²) in [6.45, 7) is 7.46. The number of aryl methyl sites for hydroxylation is 1. The van der Waals surface area contributed by atoms with Crippen LogP contribution in [0.3, 0.4) is 0 Å². The maximum atomic E-state index is 12.5. The number of nitrogens with zero attached hydrogens (tertiary/aromatic N) is 1. The Morgan fingerprint density at radius 2 is 1.75 bits per heavy atom. The van der Waals surface area contributed by atoms with Crippen molar-refractivity contribution in [2.75, 3.05) is 26.3 Å². The SMILES string of the molecule is CC(C)(C)NC(=O)CCc1ccc(S(=O)(=O)N2CCOCC2)cc1. The van der Waals surface area contributed by atoms with Crippen molar-refractivity contribution in [3.8, 4) is 0 Å². The van der Waals surface area contributed by atoms with Crippen LogP contribution in [0.1, 0.15) is 32.8 Å². The zero-order valence-corrected chi connectivity index (χ0v) is 15.4. The van der Waals surface area contributed by atoms with Crippen LogP contribution in [0.15, 0.2) is 29.2 Å². The summed E-state index contributed by atoms with van der Waals surface area (Å²) >= 11 is 0. The molecule has 0 atom stereocenters. The Hall–Kier alpha value is -1.44. The van der Waals surface area contributed by atoms with Crippen molar-refractivity contribution >= 4 is 15.9 Å². The molecule has 1 amide bonds. The number of ether oxygens (including phenoxy) is 1. The van der Waals surface area contributed by atoms with Crippen LogP contribution in [0.4, 0.5) is 0 Å². The average Bonchev–Trinajstić information content (AvgIpc) is 2.52. The van der Waals surface area contributed by atoms with Gasteiger partial charge < -0.3 is 10.1 Å². The first kappa shape index (κ1) is 18.9. The molecule has 7 heteroatoms. The van der Waals surface area contributed by atoms with Crippen molar-refractivity contribution in [1.82, 2.24) is 9.62 Å². The standard InChI is InChI=1S/C17H26N2O4S/c1-17(2,3)18-16(20)9-6-14-4-7-15(8-5-14)24(21,22)19-10-12-23-13-11-19/h4-5,7-8H,6,9-13H2,1-3H3,(H,18,20). The van der Waals surface area contributed by atoms with Crippen LogP contribution in [0.5, 0.6) is 0 Å². The van der Waals surface area contributed by atoms with E-state index in [-0.39, 0.29) is 16.3 Å². The summed E-state index contributed by atoms with van der Waals surface area (Å²) < 4.78 is 31.7. The summed E-state index contributed by atoms with van der Waals surface area (Å²) in [5.74, 6) is -0.00693. The van der Waals surface area contributed by atoms with Gasteiger partial charge >= 0.3 is 0 Å². The van der Waals surface area contributed by atoms with Crippen LogP contribution in [0.2, 0.25) is 0 Å². The van der Waals surface area contributed by atoms with Crippen LogP contribution in [0, 0.1) is 0 Å². The summed E-state index contributed by atoms with van der Waals surface area (Å²) in [6, 6.07) is 6.78. The van der Waals surface area contributed by atoms with E-state index >= 15 is 0 Å². The molecule has 6 nitrogen and oxygen atoms in total. The molecule has 0 spiro atoms. The summed E-state index contributed by atoms with van der Waals surface area (Å²) in [7, 11) is -3.46. The summed E-state index contributed by atoms with van der Waals surface area (Å²) in [5.41, 5.74) is 0.702. The number of benzene rings is 1. The molecule has 1 fully saturated rings. The predicted octanol–water partition coefficient (Wildman–Crippen LogP) is 1.55. The second kappa shape index (κ2) is 7.63. The summed E-state index contributed by atoms with van der Waals surface area (Å²) in [4.78, 5) is 12.1. The number of nitrogens with one attached hydrogen (secondary N) is 1. The number of amides is 1. The van der Waals surface area contributed by atoms with Crippen LogP contribution in [0.25, 0.3) is 0 Å². The number of morpholine rings is 1. The van der Waals surface area contributed by atoms with Gasteiger partial charge in [0.1, 0.15) is 0 Å². The monoisotopic (exact) mass is 354 g/mol. The second-order valence-corrected chi connectivity index (χ2v) is 8.90. The van der Waals surface area contributed by atoms with Crippen LogP contribution >= 0.6 is 0 Å². The van der Waals surface area contributed by atoms with E-state index in [1.54, 1.807) is 24.3 Å². The van der Waals surface area contributed by atoms with Gasteiger partial charge in [0.2, 0.25) is 15.9 Å². The Morgan fingerprint density at radius 3 is 2.29 bits per heavy atom. The lowest BCUT2D eigenvalue weighted by Crippen LogP contribution is -2.40. The molecule has 1 aromatic carbocycles. The molecule has 1 saturated heterocycles. The summed E-state index contributed by atoms with van der Waals surface area (Å²) in [5, 5.41) is 2.91. The van der Waals surface area contributed by atoms with Crippen molar-refractivity contribution in [3.63, 3.8) is 0 Å². The van der Waals surface area contributed by atoms with E-state index in [2.05, 4.69) is 5.32 Å². The Balaban J connectivity index is 1.96. The van der Waals surface area contributed by atoms with Crippen LogP contribution in [-0.2, 0) is 26.0 Å². The van der Waals surface area contributed by atoms with Crippen molar-refractivity contribution in [2.24, 2.45) is 0 Å². The molecule has 0 radical (unpaired) electrons. The first-order chi connectivity index (χ1) is 11.2. The highest BCUT2D eigenvalue weighted by molar-refractivity contribution is 7.89. The molecule has 1 aliphatic heterocycles. The molecule has 1 aromatic rings. The van der Waals surface area contributed by atoms with Gasteiger partial charge in [0.05, 0.1) is 18.1 Å². The fourth-order valence-electron chi connectivity index (χ4n) is 2.50. The van der Waals surface area contributed by atoms with E-state index in [1.165, 1.54) is 4.31 Å². The van der Waals surface area contributed by atoms with Crippen molar-refractivity contribution in [1.29, 1.82) is 0 Å². The molecule has 1 heterocycles. The molecule has 134 valence electrons. The zero-order valence-electron chi connectivity index (χ0n) is 14.5. The second-order valence-electron chi connectivity index (χ2n) is 6.96. The quantitative estimate of drug-likeness (QED) is 0.871.